The Morgan fingerprint density at radius 2 is 2.00 bits per heavy atom. The highest BCUT2D eigenvalue weighted by Gasteiger charge is 2.14. The van der Waals surface area contributed by atoms with Crippen LogP contribution < -0.4 is 5.32 Å². The number of imidazole rings is 1. The monoisotopic (exact) mass is 365 g/mol. The van der Waals surface area contributed by atoms with E-state index < -0.39 is 0 Å². The Labute approximate surface area is 154 Å². The van der Waals surface area contributed by atoms with Crippen LogP contribution in [0.15, 0.2) is 48.5 Å². The van der Waals surface area contributed by atoms with Crippen molar-refractivity contribution < 1.29 is 4.79 Å². The number of hydrogen-bond donors (Lipinski definition) is 2. The summed E-state index contributed by atoms with van der Waals surface area (Å²) in [5.74, 6) is 0.904. The number of fused-ring (bicyclic) bond motifs is 1. The first-order valence-electron chi connectivity index (χ1n) is 8.07. The molecule has 0 fully saturated rings. The first-order chi connectivity index (χ1) is 12.5. The molecular weight excluding hydrogens is 350 g/mol. The van der Waals surface area contributed by atoms with Gasteiger partial charge in [-0.15, -0.1) is 0 Å². The zero-order valence-electron chi connectivity index (χ0n) is 14.2. The van der Waals surface area contributed by atoms with E-state index in [2.05, 4.69) is 20.5 Å². The summed E-state index contributed by atoms with van der Waals surface area (Å²) in [6, 6.07) is 14.8. The molecule has 0 saturated carbocycles. The minimum Gasteiger partial charge on any atom is -0.326 e. The van der Waals surface area contributed by atoms with Gasteiger partial charge >= 0.3 is 0 Å². The number of aromatic nitrogens is 4. The maximum atomic E-state index is 12.4. The number of carbonyl (C=O) groups is 1. The Morgan fingerprint density at radius 1 is 1.19 bits per heavy atom. The van der Waals surface area contributed by atoms with E-state index in [0.29, 0.717) is 16.4 Å². The first kappa shape index (κ1) is 16.4. The molecule has 0 saturated heterocycles. The number of benzene rings is 2. The van der Waals surface area contributed by atoms with Crippen LogP contribution in [-0.4, -0.2) is 25.7 Å². The van der Waals surface area contributed by atoms with Crippen LogP contribution in [0.5, 0.6) is 0 Å². The summed E-state index contributed by atoms with van der Waals surface area (Å²) in [7, 11) is 1.94. The van der Waals surface area contributed by atoms with Gasteiger partial charge in [-0.1, -0.05) is 29.8 Å². The molecule has 2 aromatic carbocycles. The molecule has 26 heavy (non-hydrogen) atoms. The van der Waals surface area contributed by atoms with E-state index in [1.807, 2.05) is 48.9 Å². The molecule has 0 unspecified atom stereocenters. The summed E-state index contributed by atoms with van der Waals surface area (Å²) in [5.41, 5.74) is 4.05. The molecule has 2 N–H and O–H groups in total. The van der Waals surface area contributed by atoms with E-state index in [1.54, 1.807) is 18.2 Å². The van der Waals surface area contributed by atoms with E-state index >= 15 is 0 Å². The van der Waals surface area contributed by atoms with Crippen molar-refractivity contribution in [3.05, 3.63) is 64.7 Å². The van der Waals surface area contributed by atoms with Crippen LogP contribution in [-0.2, 0) is 7.05 Å². The minimum atomic E-state index is -0.269. The topological polar surface area (TPSA) is 75.6 Å². The lowest BCUT2D eigenvalue weighted by Gasteiger charge is -2.03. The van der Waals surface area contributed by atoms with Crippen LogP contribution in [0, 0.1) is 6.92 Å². The fraction of sp³-hybridized carbons (Fsp3) is 0.105. The van der Waals surface area contributed by atoms with Gasteiger partial charge < -0.3 is 9.88 Å². The molecule has 0 aliphatic carbocycles. The maximum Gasteiger partial charge on any atom is 0.256 e. The summed E-state index contributed by atoms with van der Waals surface area (Å²) < 4.78 is 1.98. The van der Waals surface area contributed by atoms with Gasteiger partial charge in [0.25, 0.3) is 5.91 Å². The molecule has 0 aliphatic rings. The second-order valence-corrected chi connectivity index (χ2v) is 6.48. The number of nitrogens with one attached hydrogen (secondary N) is 2. The van der Waals surface area contributed by atoms with Crippen molar-refractivity contribution in [2.75, 3.05) is 5.32 Å². The lowest BCUT2D eigenvalue weighted by atomic mass is 10.1. The highest BCUT2D eigenvalue weighted by atomic mass is 35.5. The zero-order valence-corrected chi connectivity index (χ0v) is 15.0. The van der Waals surface area contributed by atoms with Crippen LogP contribution in [0.4, 0.5) is 5.82 Å². The average molecular weight is 366 g/mol. The van der Waals surface area contributed by atoms with Crippen molar-refractivity contribution in [2.45, 2.75) is 6.92 Å². The Kier molecular flexibility index (Phi) is 3.97. The second kappa shape index (κ2) is 6.31. The number of amides is 1. The molecule has 2 heterocycles. The number of anilines is 1. The van der Waals surface area contributed by atoms with Crippen LogP contribution >= 0.6 is 11.6 Å². The van der Waals surface area contributed by atoms with Crippen molar-refractivity contribution in [3.63, 3.8) is 0 Å². The molecule has 4 rings (SSSR count). The van der Waals surface area contributed by atoms with E-state index in [-0.39, 0.29) is 5.91 Å². The summed E-state index contributed by atoms with van der Waals surface area (Å²) in [5, 5.41) is 10.4. The molecule has 2 aromatic heterocycles. The van der Waals surface area contributed by atoms with Crippen molar-refractivity contribution in [1.29, 1.82) is 0 Å². The van der Waals surface area contributed by atoms with E-state index in [4.69, 9.17) is 11.6 Å². The number of nitrogens with zero attached hydrogens (tertiary/aromatic N) is 3. The number of carbonyl (C=O) groups excluding carboxylic acids is 1. The Hall–Kier alpha value is -3.12. The number of halogens is 1. The molecule has 4 aromatic rings. The maximum absolute atomic E-state index is 12.4. The predicted molar refractivity (Wildman–Crippen MR) is 102 cm³/mol. The average Bonchev–Trinajstić information content (AvgIpc) is 3.22. The molecule has 0 radical (unpaired) electrons. The molecule has 1 amide bonds. The van der Waals surface area contributed by atoms with Gasteiger partial charge in [0.05, 0.1) is 11.0 Å². The van der Waals surface area contributed by atoms with E-state index in [0.717, 1.165) is 28.1 Å². The van der Waals surface area contributed by atoms with E-state index in [9.17, 15) is 4.79 Å². The third-order valence-electron chi connectivity index (χ3n) is 4.28. The number of rotatable bonds is 3. The van der Waals surface area contributed by atoms with Crippen LogP contribution in [0.1, 0.15) is 15.9 Å². The number of aryl methyl sites for hydroxylation is 2. The Bertz CT molecular complexity index is 1130. The lowest BCUT2D eigenvalue weighted by Crippen LogP contribution is -2.12. The lowest BCUT2D eigenvalue weighted by molar-refractivity contribution is 0.102. The van der Waals surface area contributed by atoms with Gasteiger partial charge in [-0.05, 0) is 36.8 Å². The van der Waals surface area contributed by atoms with Crippen molar-refractivity contribution >= 4 is 34.4 Å². The summed E-state index contributed by atoms with van der Waals surface area (Å²) in [6.45, 7) is 1.89. The number of aromatic amines is 1. The molecular formula is C19H16ClN5O. The molecule has 0 aliphatic heterocycles. The summed E-state index contributed by atoms with van der Waals surface area (Å²) >= 11 is 6.09. The van der Waals surface area contributed by atoms with Crippen molar-refractivity contribution in [3.8, 4) is 11.5 Å². The fourth-order valence-corrected chi connectivity index (χ4v) is 2.99. The van der Waals surface area contributed by atoms with Gasteiger partial charge in [0.15, 0.2) is 11.6 Å². The highest BCUT2D eigenvalue weighted by molar-refractivity contribution is 6.31. The fourth-order valence-electron chi connectivity index (χ4n) is 2.81. The van der Waals surface area contributed by atoms with Gasteiger partial charge in [0.2, 0.25) is 0 Å². The van der Waals surface area contributed by atoms with Crippen molar-refractivity contribution in [1.82, 2.24) is 19.7 Å². The minimum absolute atomic E-state index is 0.269. The van der Waals surface area contributed by atoms with Crippen LogP contribution in [0.25, 0.3) is 22.6 Å². The number of hydrogen-bond acceptors (Lipinski definition) is 3. The highest BCUT2D eigenvalue weighted by Crippen LogP contribution is 2.24. The smallest absolute Gasteiger partial charge is 0.256 e. The second-order valence-electron chi connectivity index (χ2n) is 6.07. The van der Waals surface area contributed by atoms with Gasteiger partial charge in [-0.2, -0.15) is 5.10 Å². The predicted octanol–water partition coefficient (Wildman–Crippen LogP) is 4.18. The van der Waals surface area contributed by atoms with Gasteiger partial charge in [-0.3, -0.25) is 9.89 Å². The number of para-hydroxylation sites is 2. The molecule has 6 nitrogen and oxygen atoms in total. The number of H-pyrrole nitrogens is 1. The van der Waals surface area contributed by atoms with Crippen molar-refractivity contribution in [2.24, 2.45) is 7.05 Å². The SMILES string of the molecule is Cc1ccc(C(=O)Nc2cc(-c3nc4ccccc4n3C)[nH]n2)cc1Cl. The van der Waals surface area contributed by atoms with Gasteiger partial charge in [0.1, 0.15) is 5.69 Å². The zero-order chi connectivity index (χ0) is 18.3. The Morgan fingerprint density at radius 3 is 2.77 bits per heavy atom. The van der Waals surface area contributed by atoms with E-state index in [1.165, 1.54) is 0 Å². The standard InChI is InChI=1S/C19H16ClN5O/c1-11-7-8-12(9-13(11)20)19(26)22-17-10-15(23-24-17)18-21-14-5-3-4-6-16(14)25(18)2/h3-10H,1-2H3,(H2,22,23,24,26). The molecule has 130 valence electrons. The van der Waals surface area contributed by atoms with Gasteiger partial charge in [-0.25, -0.2) is 4.98 Å². The van der Waals surface area contributed by atoms with Crippen LogP contribution in [0.2, 0.25) is 5.02 Å². The normalized spacial score (nSPS) is 11.0. The third kappa shape index (κ3) is 2.84. The Balaban J connectivity index is 1.60. The largest absolute Gasteiger partial charge is 0.326 e. The van der Waals surface area contributed by atoms with Crippen LogP contribution in [0.3, 0.4) is 0 Å². The third-order valence-corrected chi connectivity index (χ3v) is 4.69. The molecule has 7 heteroatoms. The first-order valence-corrected chi connectivity index (χ1v) is 8.45. The summed E-state index contributed by atoms with van der Waals surface area (Å²) in [4.78, 5) is 17.0. The summed E-state index contributed by atoms with van der Waals surface area (Å²) in [6.07, 6.45) is 0. The molecule has 0 spiro atoms. The quantitative estimate of drug-likeness (QED) is 0.572. The molecule has 0 bridgehead atoms. The van der Waals surface area contributed by atoms with Gasteiger partial charge in [0, 0.05) is 23.7 Å². The molecule has 0 atom stereocenters.